The molecule has 0 spiro atoms. The smallest absolute Gasteiger partial charge is 0.429 e. The molecule has 9 heteroatoms. The van der Waals surface area contributed by atoms with Crippen LogP contribution in [0, 0.1) is 0 Å². The third-order valence-corrected chi connectivity index (χ3v) is 5.66. The van der Waals surface area contributed by atoms with Gasteiger partial charge in [0.2, 0.25) is 0 Å². The number of amides is 2. The molecule has 0 N–H and O–H groups in total. The Hall–Kier alpha value is -1.61. The van der Waals surface area contributed by atoms with E-state index in [0.29, 0.717) is 24.6 Å². The molecule has 1 saturated heterocycles. The summed E-state index contributed by atoms with van der Waals surface area (Å²) in [4.78, 5) is 38.3. The Bertz CT molecular complexity index is 739. The number of hydrogen-bond acceptors (Lipinski definition) is 5. The Labute approximate surface area is 194 Å². The van der Waals surface area contributed by atoms with Crippen molar-refractivity contribution in [3.05, 3.63) is 35.9 Å². The van der Waals surface area contributed by atoms with Crippen molar-refractivity contribution >= 4 is 49.8 Å². The quantitative estimate of drug-likeness (QED) is 0.389. The minimum atomic E-state index is -0.884. The first-order chi connectivity index (χ1) is 14.1. The molecule has 1 aromatic carbocycles. The van der Waals surface area contributed by atoms with Crippen LogP contribution in [0.15, 0.2) is 30.3 Å². The number of alkyl halides is 2. The summed E-state index contributed by atoms with van der Waals surface area (Å²) in [5, 5.41) is 3.04. The van der Waals surface area contributed by atoms with Gasteiger partial charge in [-0.25, -0.2) is 19.6 Å². The molecule has 30 heavy (non-hydrogen) atoms. The molecule has 1 aromatic rings. The van der Waals surface area contributed by atoms with Crippen molar-refractivity contribution in [2.24, 2.45) is 0 Å². The predicted octanol–water partition coefficient (Wildman–Crippen LogP) is 4.42. The van der Waals surface area contributed by atoms with E-state index in [1.54, 1.807) is 20.8 Å². The van der Waals surface area contributed by atoms with Crippen molar-refractivity contribution in [3.8, 4) is 0 Å². The van der Waals surface area contributed by atoms with Gasteiger partial charge in [-0.3, -0.25) is 4.79 Å². The van der Waals surface area contributed by atoms with E-state index in [-0.39, 0.29) is 19.1 Å². The maximum atomic E-state index is 13.2. The first-order valence-corrected chi connectivity index (χ1v) is 11.9. The van der Waals surface area contributed by atoms with Crippen LogP contribution in [0.5, 0.6) is 0 Å². The minimum Gasteiger partial charge on any atom is -0.458 e. The highest BCUT2D eigenvalue weighted by Gasteiger charge is 2.43. The molecule has 2 amide bonds. The largest absolute Gasteiger partial charge is 0.458 e. The molecule has 1 fully saturated rings. The number of ether oxygens (including phenoxy) is 2. The van der Waals surface area contributed by atoms with Crippen LogP contribution >= 0.6 is 31.9 Å². The van der Waals surface area contributed by atoms with Crippen LogP contribution < -0.4 is 0 Å². The van der Waals surface area contributed by atoms with Gasteiger partial charge in [-0.15, -0.1) is 0 Å². The molecule has 7 nitrogen and oxygen atoms in total. The third-order valence-electron chi connectivity index (χ3n) is 4.35. The topological polar surface area (TPSA) is 76.2 Å². The average Bonchev–Trinajstić information content (AvgIpc) is 2.70. The van der Waals surface area contributed by atoms with E-state index in [4.69, 9.17) is 9.47 Å². The monoisotopic (exact) mass is 546 g/mol. The van der Waals surface area contributed by atoms with Crippen LogP contribution in [-0.4, -0.2) is 56.3 Å². The normalized spacial score (nSPS) is 18.0. The molecule has 0 saturated carbocycles. The van der Waals surface area contributed by atoms with E-state index in [1.807, 2.05) is 30.3 Å². The summed E-state index contributed by atoms with van der Waals surface area (Å²) in [6, 6.07) is 8.40. The van der Waals surface area contributed by atoms with Gasteiger partial charge in [0.1, 0.15) is 12.2 Å². The molecule has 2 unspecified atom stereocenters. The summed E-state index contributed by atoms with van der Waals surface area (Å²) in [6.07, 6.45) is 0.805. The van der Waals surface area contributed by atoms with Crippen molar-refractivity contribution in [2.45, 2.75) is 63.1 Å². The highest BCUT2D eigenvalue weighted by molar-refractivity contribution is 9.10. The average molecular weight is 548 g/mol. The van der Waals surface area contributed by atoms with Crippen LogP contribution in [0.2, 0.25) is 0 Å². The Morgan fingerprint density at radius 1 is 1.20 bits per heavy atom. The molecule has 0 aliphatic carbocycles. The van der Waals surface area contributed by atoms with Crippen molar-refractivity contribution in [1.29, 1.82) is 0 Å². The maximum absolute atomic E-state index is 13.2. The molecule has 1 heterocycles. The molecule has 166 valence electrons. The van der Waals surface area contributed by atoms with Crippen LogP contribution in [0.1, 0.15) is 45.6 Å². The van der Waals surface area contributed by atoms with Crippen LogP contribution in [0.3, 0.4) is 0 Å². The standard InChI is InChI=1S/C21H28Br2N2O5/c1-21(2,3)30-19(27)17-10-7-13-24(25(17)18(26)16(23)11-12-22)20(28)29-14-15-8-5-4-6-9-15/h4-6,8-9,16-17H,7,10-14H2,1-3H3. The highest BCUT2D eigenvalue weighted by Crippen LogP contribution is 2.26. The van der Waals surface area contributed by atoms with Gasteiger partial charge >= 0.3 is 12.1 Å². The fourth-order valence-electron chi connectivity index (χ4n) is 3.03. The van der Waals surface area contributed by atoms with E-state index < -0.39 is 28.5 Å². The Kier molecular flexibility index (Phi) is 9.15. The predicted molar refractivity (Wildman–Crippen MR) is 120 cm³/mol. The molecular weight excluding hydrogens is 520 g/mol. The molecule has 1 aliphatic heterocycles. The number of hydrazine groups is 1. The van der Waals surface area contributed by atoms with Crippen LogP contribution in [-0.2, 0) is 25.7 Å². The molecule has 2 atom stereocenters. The van der Waals surface area contributed by atoms with Crippen LogP contribution in [0.25, 0.3) is 0 Å². The van der Waals surface area contributed by atoms with E-state index in [9.17, 15) is 14.4 Å². The maximum Gasteiger partial charge on any atom is 0.429 e. The first kappa shape index (κ1) is 24.7. The number of benzene rings is 1. The van der Waals surface area contributed by atoms with Crippen molar-refractivity contribution in [1.82, 2.24) is 10.0 Å². The van der Waals surface area contributed by atoms with Crippen LogP contribution in [0.4, 0.5) is 4.79 Å². The van der Waals surface area contributed by atoms with Gasteiger partial charge in [-0.1, -0.05) is 62.2 Å². The summed E-state index contributed by atoms with van der Waals surface area (Å²) >= 11 is 6.70. The lowest BCUT2D eigenvalue weighted by Crippen LogP contribution is -2.62. The SMILES string of the molecule is CC(C)(C)OC(=O)C1CCCN(C(=O)OCc2ccccc2)N1C(=O)C(Br)CCBr. The van der Waals surface area contributed by atoms with Crippen molar-refractivity contribution in [2.75, 3.05) is 11.9 Å². The van der Waals surface area contributed by atoms with Gasteiger partial charge in [-0.05, 0) is 45.6 Å². The van der Waals surface area contributed by atoms with E-state index >= 15 is 0 Å². The van der Waals surface area contributed by atoms with Gasteiger partial charge in [-0.2, -0.15) is 0 Å². The molecule has 0 aromatic heterocycles. The fraction of sp³-hybridized carbons (Fsp3) is 0.571. The second-order valence-corrected chi connectivity index (χ2v) is 9.88. The van der Waals surface area contributed by atoms with Crippen molar-refractivity contribution in [3.63, 3.8) is 0 Å². The van der Waals surface area contributed by atoms with E-state index in [2.05, 4.69) is 31.9 Å². The Morgan fingerprint density at radius 3 is 2.47 bits per heavy atom. The molecular formula is C21H28Br2N2O5. The fourth-order valence-corrected chi connectivity index (χ4v) is 4.54. The minimum absolute atomic E-state index is 0.0778. The van der Waals surface area contributed by atoms with Gasteiger partial charge in [0, 0.05) is 11.9 Å². The van der Waals surface area contributed by atoms with Gasteiger partial charge < -0.3 is 9.47 Å². The number of hydrogen-bond donors (Lipinski definition) is 0. The Balaban J connectivity index is 2.22. The molecule has 2 rings (SSSR count). The zero-order chi connectivity index (χ0) is 22.3. The molecule has 0 bridgehead atoms. The summed E-state index contributed by atoms with van der Waals surface area (Å²) in [5.41, 5.74) is 0.132. The number of rotatable bonds is 6. The number of nitrogens with zero attached hydrogens (tertiary/aromatic N) is 2. The summed E-state index contributed by atoms with van der Waals surface area (Å²) < 4.78 is 11.0. The number of esters is 1. The Morgan fingerprint density at radius 2 is 1.87 bits per heavy atom. The zero-order valence-electron chi connectivity index (χ0n) is 17.5. The third kappa shape index (κ3) is 6.97. The second kappa shape index (κ2) is 11.1. The summed E-state index contributed by atoms with van der Waals surface area (Å²) in [6.45, 7) is 5.67. The van der Waals surface area contributed by atoms with E-state index in [1.165, 1.54) is 10.0 Å². The first-order valence-electron chi connectivity index (χ1n) is 9.88. The second-order valence-electron chi connectivity index (χ2n) is 7.98. The lowest BCUT2D eigenvalue weighted by atomic mass is 10.1. The van der Waals surface area contributed by atoms with Gasteiger partial charge in [0.25, 0.3) is 5.91 Å². The highest BCUT2D eigenvalue weighted by atomic mass is 79.9. The lowest BCUT2D eigenvalue weighted by molar-refractivity contribution is -0.180. The number of carbonyl (C=O) groups excluding carboxylic acids is 3. The lowest BCUT2D eigenvalue weighted by Gasteiger charge is -2.43. The van der Waals surface area contributed by atoms with E-state index in [0.717, 1.165) is 5.56 Å². The van der Waals surface area contributed by atoms with Crippen molar-refractivity contribution < 1.29 is 23.9 Å². The summed E-state index contributed by atoms with van der Waals surface area (Å²) in [7, 11) is 0. The zero-order valence-corrected chi connectivity index (χ0v) is 20.6. The number of carbonyl (C=O) groups is 3. The van der Waals surface area contributed by atoms with Gasteiger partial charge in [0.15, 0.2) is 6.04 Å². The summed E-state index contributed by atoms with van der Waals surface area (Å²) in [5.74, 6) is -0.906. The number of halogens is 2. The molecule has 1 aliphatic rings. The van der Waals surface area contributed by atoms with Gasteiger partial charge in [0.05, 0.1) is 4.83 Å². The molecule has 0 radical (unpaired) electrons.